The van der Waals surface area contributed by atoms with Crippen molar-refractivity contribution in [3.63, 3.8) is 0 Å². The Morgan fingerprint density at radius 3 is 1.05 bits per heavy atom. The molecular weight excluding hydrogens is 781 g/mol. The fraction of sp³-hybridized carbons (Fsp3) is 0.632. The van der Waals surface area contributed by atoms with Crippen LogP contribution < -0.4 is 0 Å². The molecule has 0 N–H and O–H groups in total. The normalized spacial score (nSPS) is 13.0. The average molecular weight is 873 g/mol. The van der Waals surface area contributed by atoms with Crippen LogP contribution in [0.15, 0.2) is 109 Å². The predicted molar refractivity (Wildman–Crippen MR) is 270 cm³/mol. The lowest BCUT2D eigenvalue weighted by atomic mass is 10.0. The first-order valence-corrected chi connectivity index (χ1v) is 25.4. The van der Waals surface area contributed by atoms with Crippen LogP contribution in [0.2, 0.25) is 0 Å². The molecule has 0 aliphatic heterocycles. The van der Waals surface area contributed by atoms with Crippen LogP contribution >= 0.6 is 0 Å². The van der Waals surface area contributed by atoms with Gasteiger partial charge in [-0.1, -0.05) is 220 Å². The predicted octanol–water partition coefficient (Wildman–Crippen LogP) is 16.8. The molecule has 1 atom stereocenters. The molecule has 0 aromatic carbocycles. The molecule has 0 amide bonds. The van der Waals surface area contributed by atoms with E-state index in [2.05, 4.69) is 118 Å². The van der Waals surface area contributed by atoms with Gasteiger partial charge in [-0.25, -0.2) is 0 Å². The van der Waals surface area contributed by atoms with Crippen LogP contribution in [0, 0.1) is 0 Å². The Kier molecular flexibility index (Phi) is 47.5. The van der Waals surface area contributed by atoms with Gasteiger partial charge in [0.25, 0.3) is 0 Å². The van der Waals surface area contributed by atoms with Gasteiger partial charge in [0.2, 0.25) is 0 Å². The third-order valence-corrected chi connectivity index (χ3v) is 10.3. The van der Waals surface area contributed by atoms with E-state index in [1.807, 2.05) is 12.2 Å². The molecule has 0 spiro atoms. The van der Waals surface area contributed by atoms with Crippen molar-refractivity contribution in [1.29, 1.82) is 0 Å². The average Bonchev–Trinajstić information content (AvgIpc) is 3.28. The second-order valence-electron chi connectivity index (χ2n) is 16.3. The molecule has 63 heavy (non-hydrogen) atoms. The van der Waals surface area contributed by atoms with Crippen LogP contribution in [-0.2, 0) is 28.6 Å². The monoisotopic (exact) mass is 873 g/mol. The zero-order chi connectivity index (χ0) is 45.8. The largest absolute Gasteiger partial charge is 0.462 e. The standard InChI is InChI=1S/C57H92O6/c1-4-7-10-13-16-19-22-25-27-28-30-32-35-38-41-44-47-50-56(59)62-53-54(52-61-55(58)49-46-43-40-37-34-31-24-21-18-15-12-9-6-3)63-57(60)51-48-45-42-39-36-33-29-26-23-20-17-14-11-8-5-2/h7,9-10,12,16,18-19,21,25,27,30-32,34,38,40-41,43,54H,4-6,8,11,13-15,17,20,22-24,26,28-29,33,35-37,39,42,44-53H2,1-3H3/b10-7-,12-9-,19-16-,21-18-,27-25-,32-30-,34-31-,41-38-,43-40-. The number of hydrogen-bond donors (Lipinski definition) is 0. The van der Waals surface area contributed by atoms with Crippen LogP contribution in [-0.4, -0.2) is 37.2 Å². The fourth-order valence-corrected chi connectivity index (χ4v) is 6.55. The Bertz CT molecular complexity index is 1330. The highest BCUT2D eigenvalue weighted by molar-refractivity contribution is 5.71. The molecule has 0 aliphatic rings. The molecule has 0 saturated heterocycles. The second kappa shape index (κ2) is 50.7. The molecule has 0 fully saturated rings. The zero-order valence-electron chi connectivity index (χ0n) is 40.5. The molecule has 0 radical (unpaired) electrons. The molecule has 0 saturated carbocycles. The van der Waals surface area contributed by atoms with Crippen molar-refractivity contribution in [3.8, 4) is 0 Å². The first kappa shape index (κ1) is 59.1. The fourth-order valence-electron chi connectivity index (χ4n) is 6.55. The first-order valence-electron chi connectivity index (χ1n) is 25.4. The van der Waals surface area contributed by atoms with Crippen LogP contribution in [0.1, 0.15) is 213 Å². The summed E-state index contributed by atoms with van der Waals surface area (Å²) in [6.07, 6.45) is 68.1. The highest BCUT2D eigenvalue weighted by Crippen LogP contribution is 2.14. The number of esters is 3. The summed E-state index contributed by atoms with van der Waals surface area (Å²) >= 11 is 0. The van der Waals surface area contributed by atoms with Crippen LogP contribution in [0.5, 0.6) is 0 Å². The van der Waals surface area contributed by atoms with Crippen molar-refractivity contribution in [2.45, 2.75) is 219 Å². The molecule has 0 aromatic rings. The summed E-state index contributed by atoms with van der Waals surface area (Å²) in [5.74, 6) is -1.07. The van der Waals surface area contributed by atoms with Gasteiger partial charge in [-0.15, -0.1) is 0 Å². The van der Waals surface area contributed by atoms with Gasteiger partial charge in [-0.05, 0) is 83.5 Å². The van der Waals surface area contributed by atoms with Gasteiger partial charge < -0.3 is 14.2 Å². The number of carbonyl (C=O) groups excluding carboxylic acids is 3. The molecule has 1 unspecified atom stereocenters. The van der Waals surface area contributed by atoms with E-state index in [9.17, 15) is 14.4 Å². The van der Waals surface area contributed by atoms with Gasteiger partial charge in [-0.2, -0.15) is 0 Å². The highest BCUT2D eigenvalue weighted by atomic mass is 16.6. The molecule has 0 bridgehead atoms. The molecule has 6 heteroatoms. The Morgan fingerprint density at radius 2 is 0.651 bits per heavy atom. The smallest absolute Gasteiger partial charge is 0.306 e. The molecule has 6 nitrogen and oxygen atoms in total. The number of allylic oxidation sites excluding steroid dienone is 18. The lowest BCUT2D eigenvalue weighted by Crippen LogP contribution is -2.30. The summed E-state index contributed by atoms with van der Waals surface area (Å²) in [7, 11) is 0. The van der Waals surface area contributed by atoms with Gasteiger partial charge in [0.1, 0.15) is 13.2 Å². The van der Waals surface area contributed by atoms with Gasteiger partial charge >= 0.3 is 17.9 Å². The summed E-state index contributed by atoms with van der Waals surface area (Å²) in [4.78, 5) is 37.9. The molecule has 356 valence electrons. The lowest BCUT2D eigenvalue weighted by molar-refractivity contribution is -0.166. The Hall–Kier alpha value is -3.93. The minimum Gasteiger partial charge on any atom is -0.462 e. The first-order chi connectivity index (χ1) is 31.0. The Labute approximate surface area is 387 Å². The summed E-state index contributed by atoms with van der Waals surface area (Å²) in [6.45, 7) is 6.28. The summed E-state index contributed by atoms with van der Waals surface area (Å²) in [6, 6.07) is 0. The molecule has 0 aliphatic carbocycles. The topological polar surface area (TPSA) is 78.9 Å². The Morgan fingerprint density at radius 1 is 0.333 bits per heavy atom. The number of carbonyl (C=O) groups is 3. The maximum Gasteiger partial charge on any atom is 0.306 e. The van der Waals surface area contributed by atoms with E-state index in [1.165, 1.54) is 77.0 Å². The van der Waals surface area contributed by atoms with E-state index in [-0.39, 0.29) is 44.0 Å². The third kappa shape index (κ3) is 49.0. The van der Waals surface area contributed by atoms with Gasteiger partial charge in [0, 0.05) is 19.3 Å². The Balaban J connectivity index is 4.56. The quantitative estimate of drug-likeness (QED) is 0.0263. The maximum absolute atomic E-state index is 12.8. The van der Waals surface area contributed by atoms with E-state index in [4.69, 9.17) is 14.2 Å². The van der Waals surface area contributed by atoms with E-state index in [1.54, 1.807) is 0 Å². The summed E-state index contributed by atoms with van der Waals surface area (Å²) in [5.41, 5.74) is 0. The van der Waals surface area contributed by atoms with E-state index in [0.717, 1.165) is 83.5 Å². The minimum atomic E-state index is -0.829. The van der Waals surface area contributed by atoms with Gasteiger partial charge in [0.05, 0.1) is 0 Å². The van der Waals surface area contributed by atoms with Crippen molar-refractivity contribution < 1.29 is 28.6 Å². The maximum atomic E-state index is 12.8. The number of hydrogen-bond acceptors (Lipinski definition) is 6. The van der Waals surface area contributed by atoms with Crippen LogP contribution in [0.25, 0.3) is 0 Å². The summed E-state index contributed by atoms with van der Waals surface area (Å²) < 4.78 is 16.7. The SMILES string of the molecule is CC/C=C\C/C=C\C/C=C\C/C=C\C/C=C\CCCC(=O)OCC(COC(=O)CC/C=C\C/C=C\C/C=C\C/C=C\CC)OC(=O)CCCCCCCCCCCCCCCCC. The van der Waals surface area contributed by atoms with Crippen LogP contribution in [0.3, 0.4) is 0 Å². The van der Waals surface area contributed by atoms with E-state index < -0.39 is 6.10 Å². The van der Waals surface area contributed by atoms with Gasteiger partial charge in [0.15, 0.2) is 6.10 Å². The van der Waals surface area contributed by atoms with Crippen molar-refractivity contribution in [1.82, 2.24) is 0 Å². The third-order valence-electron chi connectivity index (χ3n) is 10.3. The molecule has 0 rings (SSSR count). The molecule has 0 aromatic heterocycles. The zero-order valence-corrected chi connectivity index (χ0v) is 40.5. The lowest BCUT2D eigenvalue weighted by Gasteiger charge is -2.18. The highest BCUT2D eigenvalue weighted by Gasteiger charge is 2.19. The van der Waals surface area contributed by atoms with Crippen molar-refractivity contribution in [2.24, 2.45) is 0 Å². The van der Waals surface area contributed by atoms with Gasteiger partial charge in [-0.3, -0.25) is 14.4 Å². The minimum absolute atomic E-state index is 0.130. The molecular formula is C57H92O6. The van der Waals surface area contributed by atoms with Crippen LogP contribution in [0.4, 0.5) is 0 Å². The summed E-state index contributed by atoms with van der Waals surface area (Å²) in [5, 5.41) is 0. The second-order valence-corrected chi connectivity index (χ2v) is 16.3. The van der Waals surface area contributed by atoms with E-state index >= 15 is 0 Å². The number of unbranched alkanes of at least 4 members (excludes halogenated alkanes) is 15. The molecule has 0 heterocycles. The van der Waals surface area contributed by atoms with Crippen molar-refractivity contribution in [3.05, 3.63) is 109 Å². The van der Waals surface area contributed by atoms with E-state index in [0.29, 0.717) is 19.3 Å². The number of ether oxygens (including phenoxy) is 3. The van der Waals surface area contributed by atoms with Crippen molar-refractivity contribution >= 4 is 17.9 Å². The van der Waals surface area contributed by atoms with Crippen molar-refractivity contribution in [2.75, 3.05) is 13.2 Å². The number of rotatable bonds is 44.